The lowest BCUT2D eigenvalue weighted by Gasteiger charge is -2.40. The van der Waals surface area contributed by atoms with Gasteiger partial charge in [-0.2, -0.15) is 0 Å². The van der Waals surface area contributed by atoms with Gasteiger partial charge < -0.3 is 9.64 Å². The van der Waals surface area contributed by atoms with Crippen LogP contribution in [-0.4, -0.2) is 53.8 Å². The van der Waals surface area contributed by atoms with Crippen molar-refractivity contribution in [1.29, 1.82) is 0 Å². The Labute approximate surface area is 236 Å². The molecular formula is C34H37N3O3. The molecule has 2 heterocycles. The summed E-state index contributed by atoms with van der Waals surface area (Å²) < 4.78 is 6.06. The Balaban J connectivity index is 1.15. The van der Waals surface area contributed by atoms with Crippen LogP contribution in [0.2, 0.25) is 0 Å². The minimum Gasteiger partial charge on any atom is -0.449 e. The lowest BCUT2D eigenvalue weighted by molar-refractivity contribution is -0.117. The van der Waals surface area contributed by atoms with Crippen molar-refractivity contribution in [2.24, 2.45) is 0 Å². The lowest BCUT2D eigenvalue weighted by atomic mass is 9.94. The number of aryl methyl sites for hydroxylation is 1. The first-order valence-electron chi connectivity index (χ1n) is 14.5. The molecule has 1 saturated carbocycles. The van der Waals surface area contributed by atoms with E-state index in [9.17, 15) is 9.59 Å². The predicted molar refractivity (Wildman–Crippen MR) is 158 cm³/mol. The smallest absolute Gasteiger partial charge is 0.294 e. The third-order valence-corrected chi connectivity index (χ3v) is 8.40. The van der Waals surface area contributed by atoms with Crippen molar-refractivity contribution in [3.05, 3.63) is 101 Å². The third kappa shape index (κ3) is 5.68. The maximum absolute atomic E-state index is 13.6. The average molecular weight is 536 g/mol. The van der Waals surface area contributed by atoms with Crippen LogP contribution in [0, 0.1) is 6.92 Å². The van der Waals surface area contributed by atoms with E-state index in [1.54, 1.807) is 11.0 Å². The number of hydrogen-bond acceptors (Lipinski definition) is 4. The normalized spacial score (nSPS) is 19.4. The Hall–Kier alpha value is -3.90. The maximum atomic E-state index is 13.6. The molecule has 0 N–H and O–H groups in total. The van der Waals surface area contributed by atoms with Crippen LogP contribution < -0.4 is 9.64 Å². The van der Waals surface area contributed by atoms with Crippen molar-refractivity contribution in [3.63, 3.8) is 0 Å². The number of amides is 2. The Morgan fingerprint density at radius 3 is 2.40 bits per heavy atom. The molecule has 0 spiro atoms. The number of ether oxygens (including phenoxy) is 1. The zero-order valence-electron chi connectivity index (χ0n) is 23.2. The average Bonchev–Trinajstić information content (AvgIpc) is 3.00. The molecule has 2 fully saturated rings. The summed E-state index contributed by atoms with van der Waals surface area (Å²) in [6.45, 7) is 5.98. The third-order valence-electron chi connectivity index (χ3n) is 8.40. The summed E-state index contributed by atoms with van der Waals surface area (Å²) in [5, 5.41) is 0. The highest BCUT2D eigenvalue weighted by molar-refractivity contribution is 6.09. The van der Waals surface area contributed by atoms with Gasteiger partial charge in [-0.05, 0) is 61.2 Å². The topological polar surface area (TPSA) is 53.1 Å². The molecule has 3 aromatic rings. The predicted octanol–water partition coefficient (Wildman–Crippen LogP) is 6.05. The summed E-state index contributed by atoms with van der Waals surface area (Å²) in [4.78, 5) is 33.1. The van der Waals surface area contributed by atoms with Crippen LogP contribution in [0.4, 0.5) is 5.69 Å². The number of benzene rings is 3. The first-order valence-corrected chi connectivity index (χ1v) is 14.5. The Morgan fingerprint density at radius 2 is 1.65 bits per heavy atom. The van der Waals surface area contributed by atoms with Crippen molar-refractivity contribution in [2.45, 2.75) is 51.6 Å². The van der Waals surface area contributed by atoms with Gasteiger partial charge >= 0.3 is 0 Å². The molecule has 6 nitrogen and oxygen atoms in total. The number of piperazine rings is 1. The molecule has 0 atom stereocenters. The highest BCUT2D eigenvalue weighted by Gasteiger charge is 2.31. The second-order valence-electron chi connectivity index (χ2n) is 11.2. The second kappa shape index (κ2) is 11.7. The molecule has 2 amide bonds. The SMILES string of the molecule is Cc1cccc(CN2C(=O)C(=Cc3ccc(C(=O)N4CCN(C5CCCCC5)CC4)cc3)Oc3ccccc32)c1. The van der Waals surface area contributed by atoms with Crippen LogP contribution in [0.25, 0.3) is 6.08 Å². The van der Waals surface area contributed by atoms with Crippen LogP contribution in [0.15, 0.2) is 78.6 Å². The zero-order valence-corrected chi connectivity index (χ0v) is 23.2. The van der Waals surface area contributed by atoms with E-state index < -0.39 is 0 Å². The molecule has 1 aliphatic carbocycles. The number of nitrogens with zero attached hydrogens (tertiary/aromatic N) is 3. The quantitative estimate of drug-likeness (QED) is 0.373. The van der Waals surface area contributed by atoms with E-state index in [4.69, 9.17) is 4.74 Å². The van der Waals surface area contributed by atoms with E-state index in [-0.39, 0.29) is 17.6 Å². The van der Waals surface area contributed by atoms with E-state index in [1.807, 2.05) is 65.6 Å². The van der Waals surface area contributed by atoms with Crippen LogP contribution >= 0.6 is 0 Å². The number of hydrogen-bond donors (Lipinski definition) is 0. The summed E-state index contributed by atoms with van der Waals surface area (Å²) >= 11 is 0. The summed E-state index contributed by atoms with van der Waals surface area (Å²) in [6.07, 6.45) is 8.39. The van der Waals surface area contributed by atoms with Crippen molar-refractivity contribution in [3.8, 4) is 5.75 Å². The van der Waals surface area contributed by atoms with E-state index in [0.717, 1.165) is 48.6 Å². The van der Waals surface area contributed by atoms with Gasteiger partial charge in [0.2, 0.25) is 0 Å². The van der Waals surface area contributed by atoms with Crippen molar-refractivity contribution >= 4 is 23.6 Å². The Morgan fingerprint density at radius 1 is 0.900 bits per heavy atom. The maximum Gasteiger partial charge on any atom is 0.294 e. The van der Waals surface area contributed by atoms with E-state index in [0.29, 0.717) is 23.9 Å². The van der Waals surface area contributed by atoms with E-state index >= 15 is 0 Å². The molecule has 6 rings (SSSR count). The second-order valence-corrected chi connectivity index (χ2v) is 11.2. The van der Waals surface area contributed by atoms with Gasteiger partial charge in [0.1, 0.15) is 0 Å². The lowest BCUT2D eigenvalue weighted by Crippen LogP contribution is -2.52. The number of rotatable bonds is 5. The van der Waals surface area contributed by atoms with Crippen molar-refractivity contribution in [2.75, 3.05) is 31.1 Å². The van der Waals surface area contributed by atoms with Gasteiger partial charge in [0, 0.05) is 37.8 Å². The van der Waals surface area contributed by atoms with Crippen LogP contribution in [-0.2, 0) is 11.3 Å². The fraction of sp³-hybridized carbons (Fsp3) is 0.353. The minimum atomic E-state index is -0.184. The number of para-hydroxylation sites is 2. The van der Waals surface area contributed by atoms with Crippen molar-refractivity contribution < 1.29 is 14.3 Å². The van der Waals surface area contributed by atoms with Gasteiger partial charge in [0.25, 0.3) is 11.8 Å². The first kappa shape index (κ1) is 26.3. The summed E-state index contributed by atoms with van der Waals surface area (Å²) in [5.41, 5.74) is 4.47. The zero-order chi connectivity index (χ0) is 27.5. The first-order chi connectivity index (χ1) is 19.5. The molecule has 6 heteroatoms. The molecule has 2 aliphatic heterocycles. The highest BCUT2D eigenvalue weighted by atomic mass is 16.5. The number of fused-ring (bicyclic) bond motifs is 1. The summed E-state index contributed by atoms with van der Waals surface area (Å²) in [5.74, 6) is 0.811. The van der Waals surface area contributed by atoms with Crippen molar-refractivity contribution in [1.82, 2.24) is 9.80 Å². The summed E-state index contributed by atoms with van der Waals surface area (Å²) in [6, 6.07) is 24.0. The highest BCUT2D eigenvalue weighted by Crippen LogP contribution is 2.36. The van der Waals surface area contributed by atoms with Gasteiger partial charge in [-0.25, -0.2) is 0 Å². The minimum absolute atomic E-state index is 0.0748. The van der Waals surface area contributed by atoms with Crippen LogP contribution in [0.1, 0.15) is 59.2 Å². The molecule has 206 valence electrons. The van der Waals surface area contributed by atoms with Crippen LogP contribution in [0.3, 0.4) is 0 Å². The molecule has 0 bridgehead atoms. The molecular weight excluding hydrogens is 498 g/mol. The molecule has 3 aromatic carbocycles. The summed E-state index contributed by atoms with van der Waals surface area (Å²) in [7, 11) is 0. The standard InChI is InChI=1S/C34H37N3O3/c1-25-8-7-9-27(22-25)24-37-30-12-5-6-13-31(30)40-32(34(37)39)23-26-14-16-28(17-15-26)33(38)36-20-18-35(19-21-36)29-10-3-2-4-11-29/h5-9,12-17,22-23,29H,2-4,10-11,18-21,24H2,1H3. The van der Waals surface area contributed by atoms with Gasteiger partial charge in [-0.1, -0.05) is 73.4 Å². The Kier molecular flexibility index (Phi) is 7.69. The van der Waals surface area contributed by atoms with Gasteiger partial charge in [0.05, 0.1) is 12.2 Å². The largest absolute Gasteiger partial charge is 0.449 e. The fourth-order valence-electron chi connectivity index (χ4n) is 6.20. The van der Waals surface area contributed by atoms with Gasteiger partial charge in [-0.3, -0.25) is 19.4 Å². The molecule has 3 aliphatic rings. The fourth-order valence-corrected chi connectivity index (χ4v) is 6.20. The van der Waals surface area contributed by atoms with Gasteiger partial charge in [0.15, 0.2) is 11.5 Å². The molecule has 1 saturated heterocycles. The number of carbonyl (C=O) groups is 2. The van der Waals surface area contributed by atoms with Gasteiger partial charge in [-0.15, -0.1) is 0 Å². The Bertz CT molecular complexity index is 1400. The van der Waals surface area contributed by atoms with E-state index in [1.165, 1.54) is 32.1 Å². The van der Waals surface area contributed by atoms with E-state index in [2.05, 4.69) is 24.0 Å². The molecule has 40 heavy (non-hydrogen) atoms. The molecule has 0 aromatic heterocycles. The molecule has 0 radical (unpaired) electrons. The van der Waals surface area contributed by atoms with Crippen LogP contribution in [0.5, 0.6) is 5.75 Å². The monoisotopic (exact) mass is 535 g/mol. The number of carbonyl (C=O) groups excluding carboxylic acids is 2. The number of anilines is 1. The molecule has 0 unspecified atom stereocenters.